The van der Waals surface area contributed by atoms with Gasteiger partial charge in [-0.3, -0.25) is 0 Å². The number of nitrogens with two attached hydrogens (primary N) is 1. The molecular weight excluding hydrogens is 154 g/mol. The van der Waals surface area contributed by atoms with Gasteiger partial charge in [-0.05, 0) is 18.6 Å². The molecule has 0 amide bonds. The lowest BCUT2D eigenvalue weighted by Crippen LogP contribution is -2.16. The molecule has 0 aromatic rings. The Labute approximate surface area is 74.1 Å². The van der Waals surface area contributed by atoms with E-state index in [1.807, 2.05) is 11.8 Å². The van der Waals surface area contributed by atoms with Gasteiger partial charge in [-0.25, -0.2) is 0 Å². The SMILES string of the molecule is NC1CCCCCCCCS1. The van der Waals surface area contributed by atoms with Gasteiger partial charge in [-0.2, -0.15) is 0 Å². The molecule has 1 heterocycles. The summed E-state index contributed by atoms with van der Waals surface area (Å²) in [7, 11) is 0. The lowest BCUT2D eigenvalue weighted by molar-refractivity contribution is 0.579. The zero-order chi connectivity index (χ0) is 7.94. The van der Waals surface area contributed by atoms with E-state index in [1.54, 1.807) is 0 Å². The third kappa shape index (κ3) is 4.70. The molecule has 1 fully saturated rings. The summed E-state index contributed by atoms with van der Waals surface area (Å²) in [6.07, 6.45) is 9.62. The molecule has 1 rings (SSSR count). The molecule has 66 valence electrons. The Balaban J connectivity index is 2.12. The Morgan fingerprint density at radius 1 is 0.909 bits per heavy atom. The second-order valence-electron chi connectivity index (χ2n) is 3.32. The predicted molar refractivity (Wildman–Crippen MR) is 52.8 cm³/mol. The van der Waals surface area contributed by atoms with Gasteiger partial charge in [0, 0.05) is 0 Å². The molecule has 1 aliphatic rings. The Morgan fingerprint density at radius 2 is 1.55 bits per heavy atom. The van der Waals surface area contributed by atoms with Crippen LogP contribution < -0.4 is 5.73 Å². The van der Waals surface area contributed by atoms with Gasteiger partial charge in [-0.1, -0.05) is 32.1 Å². The average Bonchev–Trinajstić information content (AvgIpc) is 2.03. The Hall–Kier alpha value is 0.310. The number of rotatable bonds is 0. The van der Waals surface area contributed by atoms with Crippen molar-refractivity contribution in [2.45, 2.75) is 50.3 Å². The predicted octanol–water partition coefficient (Wildman–Crippen LogP) is 2.75. The van der Waals surface area contributed by atoms with Gasteiger partial charge in [0.05, 0.1) is 5.37 Å². The van der Waals surface area contributed by atoms with Crippen molar-refractivity contribution in [3.8, 4) is 0 Å². The summed E-state index contributed by atoms with van der Waals surface area (Å²) in [5.41, 5.74) is 5.89. The second kappa shape index (κ2) is 5.90. The number of hydrogen-bond donors (Lipinski definition) is 1. The summed E-state index contributed by atoms with van der Waals surface area (Å²) in [5, 5.41) is 0.424. The van der Waals surface area contributed by atoms with E-state index in [9.17, 15) is 0 Å². The van der Waals surface area contributed by atoms with Crippen LogP contribution >= 0.6 is 11.8 Å². The van der Waals surface area contributed by atoms with E-state index in [-0.39, 0.29) is 0 Å². The van der Waals surface area contributed by atoms with Gasteiger partial charge in [0.1, 0.15) is 0 Å². The van der Waals surface area contributed by atoms with E-state index in [4.69, 9.17) is 5.73 Å². The highest BCUT2D eigenvalue weighted by atomic mass is 32.2. The fourth-order valence-corrected chi connectivity index (χ4v) is 2.48. The highest BCUT2D eigenvalue weighted by molar-refractivity contribution is 7.99. The lowest BCUT2D eigenvalue weighted by atomic mass is 10.1. The summed E-state index contributed by atoms with van der Waals surface area (Å²) >= 11 is 1.95. The first kappa shape index (κ1) is 9.40. The van der Waals surface area contributed by atoms with Crippen LogP contribution in [0.15, 0.2) is 0 Å². The number of thioether (sulfide) groups is 1. The van der Waals surface area contributed by atoms with Crippen LogP contribution in [-0.2, 0) is 0 Å². The molecule has 2 N–H and O–H groups in total. The summed E-state index contributed by atoms with van der Waals surface area (Å²) in [6, 6.07) is 0. The first-order valence-corrected chi connectivity index (χ1v) is 5.81. The fraction of sp³-hybridized carbons (Fsp3) is 1.00. The van der Waals surface area contributed by atoms with Crippen LogP contribution in [0, 0.1) is 0 Å². The summed E-state index contributed by atoms with van der Waals surface area (Å²) in [4.78, 5) is 0. The molecule has 0 bridgehead atoms. The number of hydrogen-bond acceptors (Lipinski definition) is 2. The summed E-state index contributed by atoms with van der Waals surface area (Å²) in [6.45, 7) is 0. The molecule has 1 aliphatic heterocycles. The van der Waals surface area contributed by atoms with E-state index < -0.39 is 0 Å². The normalized spacial score (nSPS) is 29.7. The Bertz CT molecular complexity index is 85.6. The maximum absolute atomic E-state index is 5.89. The first-order valence-electron chi connectivity index (χ1n) is 4.77. The lowest BCUT2D eigenvalue weighted by Gasteiger charge is -2.12. The maximum Gasteiger partial charge on any atom is 0.0507 e. The minimum atomic E-state index is 0.424. The van der Waals surface area contributed by atoms with Crippen LogP contribution in [0.5, 0.6) is 0 Å². The van der Waals surface area contributed by atoms with Crippen molar-refractivity contribution < 1.29 is 0 Å². The van der Waals surface area contributed by atoms with E-state index in [1.165, 1.54) is 50.7 Å². The van der Waals surface area contributed by atoms with E-state index in [2.05, 4.69) is 0 Å². The molecule has 0 aromatic heterocycles. The minimum Gasteiger partial charge on any atom is -0.319 e. The third-order valence-electron chi connectivity index (χ3n) is 2.21. The van der Waals surface area contributed by atoms with Crippen molar-refractivity contribution in [2.24, 2.45) is 5.73 Å². The van der Waals surface area contributed by atoms with Crippen molar-refractivity contribution in [1.29, 1.82) is 0 Å². The van der Waals surface area contributed by atoms with Crippen molar-refractivity contribution in [3.05, 3.63) is 0 Å². The van der Waals surface area contributed by atoms with Crippen molar-refractivity contribution in [1.82, 2.24) is 0 Å². The second-order valence-corrected chi connectivity index (χ2v) is 4.67. The summed E-state index contributed by atoms with van der Waals surface area (Å²) in [5.74, 6) is 1.28. The minimum absolute atomic E-state index is 0.424. The largest absolute Gasteiger partial charge is 0.319 e. The van der Waals surface area contributed by atoms with Gasteiger partial charge in [0.15, 0.2) is 0 Å². The third-order valence-corrected chi connectivity index (χ3v) is 3.40. The van der Waals surface area contributed by atoms with Crippen LogP contribution in [0.2, 0.25) is 0 Å². The molecule has 11 heavy (non-hydrogen) atoms. The fourth-order valence-electron chi connectivity index (χ4n) is 1.47. The van der Waals surface area contributed by atoms with Crippen LogP contribution in [0.4, 0.5) is 0 Å². The standard InChI is InChI=1S/C9H19NS/c10-9-7-5-3-1-2-4-6-8-11-9/h9H,1-8,10H2. The highest BCUT2D eigenvalue weighted by Crippen LogP contribution is 2.18. The summed E-state index contributed by atoms with van der Waals surface area (Å²) < 4.78 is 0. The Morgan fingerprint density at radius 3 is 2.36 bits per heavy atom. The average molecular weight is 173 g/mol. The smallest absolute Gasteiger partial charge is 0.0507 e. The molecule has 0 radical (unpaired) electrons. The van der Waals surface area contributed by atoms with Crippen LogP contribution in [0.25, 0.3) is 0 Å². The molecular formula is C9H19NS. The van der Waals surface area contributed by atoms with E-state index in [0.717, 1.165) is 0 Å². The molecule has 1 unspecified atom stereocenters. The quantitative estimate of drug-likeness (QED) is 0.609. The molecule has 2 heteroatoms. The monoisotopic (exact) mass is 173 g/mol. The van der Waals surface area contributed by atoms with Crippen molar-refractivity contribution >= 4 is 11.8 Å². The molecule has 0 saturated carbocycles. The molecule has 0 spiro atoms. The van der Waals surface area contributed by atoms with Crippen LogP contribution in [0.1, 0.15) is 44.9 Å². The molecule has 1 nitrogen and oxygen atoms in total. The zero-order valence-corrected chi connectivity index (χ0v) is 8.04. The van der Waals surface area contributed by atoms with Gasteiger partial charge < -0.3 is 5.73 Å². The van der Waals surface area contributed by atoms with Crippen molar-refractivity contribution in [3.63, 3.8) is 0 Å². The van der Waals surface area contributed by atoms with E-state index >= 15 is 0 Å². The Kier molecular flexibility index (Phi) is 5.04. The van der Waals surface area contributed by atoms with Crippen molar-refractivity contribution in [2.75, 3.05) is 5.75 Å². The zero-order valence-electron chi connectivity index (χ0n) is 7.22. The van der Waals surface area contributed by atoms with Gasteiger partial charge >= 0.3 is 0 Å². The van der Waals surface area contributed by atoms with E-state index in [0.29, 0.717) is 5.37 Å². The van der Waals surface area contributed by atoms with Crippen LogP contribution in [0.3, 0.4) is 0 Å². The highest BCUT2D eigenvalue weighted by Gasteiger charge is 2.04. The molecule has 1 atom stereocenters. The molecule has 0 aliphatic carbocycles. The van der Waals surface area contributed by atoms with Gasteiger partial charge in [0.25, 0.3) is 0 Å². The maximum atomic E-state index is 5.89. The van der Waals surface area contributed by atoms with Gasteiger partial charge in [-0.15, -0.1) is 11.8 Å². The van der Waals surface area contributed by atoms with Gasteiger partial charge in [0.2, 0.25) is 0 Å². The topological polar surface area (TPSA) is 26.0 Å². The first-order chi connectivity index (χ1) is 5.39. The molecule has 0 aromatic carbocycles. The van der Waals surface area contributed by atoms with Crippen LogP contribution in [-0.4, -0.2) is 11.1 Å². The molecule has 1 saturated heterocycles.